The maximum absolute atomic E-state index is 5.95. The van der Waals surface area contributed by atoms with E-state index in [-0.39, 0.29) is 12.1 Å². The van der Waals surface area contributed by atoms with Crippen LogP contribution in [0.3, 0.4) is 0 Å². The van der Waals surface area contributed by atoms with Crippen molar-refractivity contribution in [3.63, 3.8) is 0 Å². The molecule has 1 aliphatic rings. The Hall–Kier alpha value is -1.66. The smallest absolute Gasteiger partial charge is 0.171 e. The first-order valence-corrected chi connectivity index (χ1v) is 10.1. The monoisotopic (exact) mass is 402 g/mol. The topological polar surface area (TPSA) is 30.5 Å². The number of nitrogens with zero attached hydrogens (tertiary/aromatic N) is 2. The number of anilines is 1. The molecule has 4 nitrogen and oxygen atoms in total. The molecule has 0 radical (unpaired) electrons. The molecule has 2 aromatic rings. The highest BCUT2D eigenvalue weighted by atomic mass is 35.5. The summed E-state index contributed by atoms with van der Waals surface area (Å²) < 4.78 is 0. The molecule has 2 atom stereocenters. The molecule has 3 rings (SSSR count). The van der Waals surface area contributed by atoms with E-state index < -0.39 is 0 Å². The van der Waals surface area contributed by atoms with E-state index in [4.69, 9.17) is 23.8 Å². The van der Waals surface area contributed by atoms with Gasteiger partial charge in [0.25, 0.3) is 0 Å². The van der Waals surface area contributed by atoms with E-state index in [2.05, 4.69) is 64.7 Å². The van der Waals surface area contributed by atoms with Crippen molar-refractivity contribution < 1.29 is 0 Å². The van der Waals surface area contributed by atoms with Gasteiger partial charge in [-0.05, 0) is 56.0 Å². The highest BCUT2D eigenvalue weighted by Gasteiger charge is 2.28. The zero-order chi connectivity index (χ0) is 19.2. The number of hydrogen-bond acceptors (Lipinski definition) is 3. The molecule has 6 heteroatoms. The van der Waals surface area contributed by atoms with Crippen LogP contribution in [0.2, 0.25) is 5.02 Å². The zero-order valence-corrected chi connectivity index (χ0v) is 17.4. The lowest BCUT2D eigenvalue weighted by atomic mass is 9.98. The lowest BCUT2D eigenvalue weighted by molar-refractivity contribution is 0.0973. The summed E-state index contributed by atoms with van der Waals surface area (Å²) >= 11 is 11.5. The fourth-order valence-electron chi connectivity index (χ4n) is 3.55. The summed E-state index contributed by atoms with van der Waals surface area (Å²) in [5.41, 5.74) is 2.25. The number of piperazine rings is 1. The third-order valence-electron chi connectivity index (χ3n) is 5.01. The number of benzene rings is 2. The Kier molecular flexibility index (Phi) is 7.07. The molecule has 0 amide bonds. The van der Waals surface area contributed by atoms with Gasteiger partial charge in [-0.25, -0.2) is 0 Å². The molecule has 0 aromatic heterocycles. The molecule has 1 aliphatic heterocycles. The van der Waals surface area contributed by atoms with E-state index in [1.165, 1.54) is 5.56 Å². The Morgan fingerprint density at radius 2 is 1.63 bits per heavy atom. The summed E-state index contributed by atoms with van der Waals surface area (Å²) in [5.74, 6) is 0. The normalized spacial score (nSPS) is 17.9. The maximum atomic E-state index is 5.95. The summed E-state index contributed by atoms with van der Waals surface area (Å²) in [5, 5.41) is 8.07. The number of thiocarbonyl (C=S) groups is 1. The standard InChI is InChI=1S/C21H27ClN4S/c1-16(23-21(27)24-19-10-8-18(22)9-11-19)20(17-6-4-3-5-7-17)26-14-12-25(2)13-15-26/h3-11,16,20H,12-15H2,1-2H3,(H2,23,24,27). The first-order chi connectivity index (χ1) is 13.0. The maximum Gasteiger partial charge on any atom is 0.171 e. The van der Waals surface area contributed by atoms with Gasteiger partial charge in [0, 0.05) is 42.9 Å². The summed E-state index contributed by atoms with van der Waals surface area (Å²) in [6, 6.07) is 18.7. The van der Waals surface area contributed by atoms with Gasteiger partial charge < -0.3 is 15.5 Å². The highest BCUT2D eigenvalue weighted by molar-refractivity contribution is 7.80. The lowest BCUT2D eigenvalue weighted by Gasteiger charge is -2.41. The molecule has 2 aromatic carbocycles. The highest BCUT2D eigenvalue weighted by Crippen LogP contribution is 2.25. The Morgan fingerprint density at radius 1 is 1.00 bits per heavy atom. The first kappa shape index (κ1) is 20.1. The van der Waals surface area contributed by atoms with Gasteiger partial charge in [0.2, 0.25) is 0 Å². The molecule has 2 unspecified atom stereocenters. The number of halogens is 1. The molecule has 0 saturated carbocycles. The molecule has 1 heterocycles. The predicted octanol–water partition coefficient (Wildman–Crippen LogP) is 4.00. The van der Waals surface area contributed by atoms with Crippen molar-refractivity contribution in [1.82, 2.24) is 15.1 Å². The quantitative estimate of drug-likeness (QED) is 0.738. The van der Waals surface area contributed by atoms with Crippen LogP contribution in [0.1, 0.15) is 18.5 Å². The first-order valence-electron chi connectivity index (χ1n) is 9.33. The van der Waals surface area contributed by atoms with Gasteiger partial charge in [-0.3, -0.25) is 4.90 Å². The fraction of sp³-hybridized carbons (Fsp3) is 0.381. The lowest BCUT2D eigenvalue weighted by Crippen LogP contribution is -2.52. The largest absolute Gasteiger partial charge is 0.358 e. The molecule has 1 fully saturated rings. The SMILES string of the molecule is CC(NC(=S)Nc1ccc(Cl)cc1)C(c1ccccc1)N1CCN(C)CC1. The van der Waals surface area contributed by atoms with Gasteiger partial charge in [0.1, 0.15) is 0 Å². The molecular weight excluding hydrogens is 376 g/mol. The van der Waals surface area contributed by atoms with Crippen LogP contribution in [0.15, 0.2) is 54.6 Å². The molecular formula is C21H27ClN4S. The van der Waals surface area contributed by atoms with E-state index in [0.29, 0.717) is 10.1 Å². The molecule has 27 heavy (non-hydrogen) atoms. The second-order valence-corrected chi connectivity index (χ2v) is 7.93. The van der Waals surface area contributed by atoms with E-state index in [9.17, 15) is 0 Å². The van der Waals surface area contributed by atoms with Crippen LogP contribution in [0.4, 0.5) is 5.69 Å². The van der Waals surface area contributed by atoms with Crippen molar-refractivity contribution in [1.29, 1.82) is 0 Å². The molecule has 0 aliphatic carbocycles. The Bertz CT molecular complexity index is 730. The van der Waals surface area contributed by atoms with Gasteiger partial charge in [0.05, 0.1) is 6.04 Å². The van der Waals surface area contributed by atoms with E-state index in [1.807, 2.05) is 24.3 Å². The van der Waals surface area contributed by atoms with Crippen molar-refractivity contribution in [2.24, 2.45) is 0 Å². The van der Waals surface area contributed by atoms with Crippen LogP contribution < -0.4 is 10.6 Å². The van der Waals surface area contributed by atoms with Crippen LogP contribution in [0.25, 0.3) is 0 Å². The van der Waals surface area contributed by atoms with Gasteiger partial charge in [-0.15, -0.1) is 0 Å². The van der Waals surface area contributed by atoms with Crippen molar-refractivity contribution in [3.8, 4) is 0 Å². The average molecular weight is 403 g/mol. The Balaban J connectivity index is 1.69. The summed E-state index contributed by atoms with van der Waals surface area (Å²) in [6.07, 6.45) is 0. The average Bonchev–Trinajstić information content (AvgIpc) is 2.66. The number of rotatable bonds is 5. The number of likely N-dealkylation sites (N-methyl/N-ethyl adjacent to an activating group) is 1. The van der Waals surface area contributed by atoms with Crippen molar-refractivity contribution >= 4 is 34.6 Å². The van der Waals surface area contributed by atoms with Crippen LogP contribution in [-0.2, 0) is 0 Å². The van der Waals surface area contributed by atoms with Crippen LogP contribution in [0, 0.1) is 0 Å². The summed E-state index contributed by atoms with van der Waals surface area (Å²) in [6.45, 7) is 6.48. The van der Waals surface area contributed by atoms with Gasteiger partial charge in [-0.1, -0.05) is 41.9 Å². The van der Waals surface area contributed by atoms with E-state index >= 15 is 0 Å². The molecule has 1 saturated heterocycles. The molecule has 0 spiro atoms. The third-order valence-corrected chi connectivity index (χ3v) is 5.48. The van der Waals surface area contributed by atoms with Crippen molar-refractivity contribution in [3.05, 3.63) is 65.2 Å². The van der Waals surface area contributed by atoms with E-state index in [0.717, 1.165) is 31.9 Å². The second-order valence-electron chi connectivity index (χ2n) is 7.09. The predicted molar refractivity (Wildman–Crippen MR) is 119 cm³/mol. The van der Waals surface area contributed by atoms with Crippen molar-refractivity contribution in [2.45, 2.75) is 19.0 Å². The molecule has 0 bridgehead atoms. The zero-order valence-electron chi connectivity index (χ0n) is 15.9. The summed E-state index contributed by atoms with van der Waals surface area (Å²) in [7, 11) is 2.18. The van der Waals surface area contributed by atoms with Gasteiger partial charge in [-0.2, -0.15) is 0 Å². The minimum Gasteiger partial charge on any atom is -0.358 e. The minimum atomic E-state index is 0.170. The number of nitrogens with one attached hydrogen (secondary N) is 2. The van der Waals surface area contributed by atoms with Crippen LogP contribution in [0.5, 0.6) is 0 Å². The summed E-state index contributed by atoms with van der Waals surface area (Å²) in [4.78, 5) is 4.93. The Morgan fingerprint density at radius 3 is 2.26 bits per heavy atom. The van der Waals surface area contributed by atoms with Crippen molar-refractivity contribution in [2.75, 3.05) is 38.5 Å². The molecule has 2 N–H and O–H groups in total. The van der Waals surface area contributed by atoms with E-state index in [1.54, 1.807) is 0 Å². The molecule has 144 valence electrons. The Labute approximate surface area is 172 Å². The second kappa shape index (κ2) is 9.51. The minimum absolute atomic E-state index is 0.170. The fourth-order valence-corrected chi connectivity index (χ4v) is 3.98. The van der Waals surface area contributed by atoms with Gasteiger partial charge in [0.15, 0.2) is 5.11 Å². The van der Waals surface area contributed by atoms with Gasteiger partial charge >= 0.3 is 0 Å². The van der Waals surface area contributed by atoms with Crippen LogP contribution in [-0.4, -0.2) is 54.2 Å². The van der Waals surface area contributed by atoms with Crippen LogP contribution >= 0.6 is 23.8 Å². The number of hydrogen-bond donors (Lipinski definition) is 2. The third kappa shape index (κ3) is 5.66.